The molecule has 1 saturated heterocycles. The Balaban J connectivity index is 1.66. The van der Waals surface area contributed by atoms with Gasteiger partial charge in [-0.15, -0.1) is 11.3 Å². The fourth-order valence-electron chi connectivity index (χ4n) is 2.80. The fourth-order valence-corrected chi connectivity index (χ4v) is 3.60. The largest absolute Gasteiger partial charge is 0.355 e. The lowest BCUT2D eigenvalue weighted by Crippen LogP contribution is -2.43. The molecule has 0 aromatic carbocycles. The van der Waals surface area contributed by atoms with Gasteiger partial charge in [0.05, 0.1) is 6.54 Å². The zero-order valence-corrected chi connectivity index (χ0v) is 14.9. The summed E-state index contributed by atoms with van der Waals surface area (Å²) in [5.41, 5.74) is 0. The summed E-state index contributed by atoms with van der Waals surface area (Å²) >= 11 is 1.77. The summed E-state index contributed by atoms with van der Waals surface area (Å²) < 4.78 is 0. The van der Waals surface area contributed by atoms with Crippen LogP contribution in [0, 0.1) is 5.92 Å². The van der Waals surface area contributed by atoms with Crippen molar-refractivity contribution < 1.29 is 0 Å². The standard InChI is InChI=1S/C16H29N5S/c1-4-14-10-19-15(22-14)11-20-16(17-3)18-7-9-21-8-5-6-13(2)12-21/h10,13H,4-9,11-12H2,1-3H3,(H2,17,18,20). The van der Waals surface area contributed by atoms with Gasteiger partial charge in [-0.2, -0.15) is 0 Å². The average Bonchev–Trinajstić information content (AvgIpc) is 2.99. The second-order valence-corrected chi connectivity index (χ2v) is 7.17. The Kier molecular flexibility index (Phi) is 7.12. The molecular formula is C16H29N5S. The van der Waals surface area contributed by atoms with Crippen LogP contribution in [0.4, 0.5) is 0 Å². The molecule has 0 bridgehead atoms. The van der Waals surface area contributed by atoms with Gasteiger partial charge in [0.25, 0.3) is 0 Å². The number of aryl methyl sites for hydroxylation is 1. The number of aromatic nitrogens is 1. The number of piperidine rings is 1. The third-order valence-electron chi connectivity index (χ3n) is 4.04. The molecule has 22 heavy (non-hydrogen) atoms. The van der Waals surface area contributed by atoms with Gasteiger partial charge in [-0.25, -0.2) is 4.98 Å². The van der Waals surface area contributed by atoms with Gasteiger partial charge in [-0.05, 0) is 31.7 Å². The number of hydrogen-bond acceptors (Lipinski definition) is 4. The molecule has 1 atom stereocenters. The molecule has 1 aliphatic rings. The van der Waals surface area contributed by atoms with E-state index in [1.807, 2.05) is 13.2 Å². The van der Waals surface area contributed by atoms with E-state index in [2.05, 4.69) is 39.4 Å². The van der Waals surface area contributed by atoms with Crippen LogP contribution in [0.2, 0.25) is 0 Å². The number of thiazole rings is 1. The van der Waals surface area contributed by atoms with E-state index in [-0.39, 0.29) is 0 Å². The smallest absolute Gasteiger partial charge is 0.191 e. The predicted molar refractivity (Wildman–Crippen MR) is 94.5 cm³/mol. The van der Waals surface area contributed by atoms with Crippen LogP contribution in [-0.2, 0) is 13.0 Å². The molecule has 0 radical (unpaired) electrons. The van der Waals surface area contributed by atoms with Gasteiger partial charge >= 0.3 is 0 Å². The van der Waals surface area contributed by atoms with E-state index in [9.17, 15) is 0 Å². The minimum absolute atomic E-state index is 0.741. The van der Waals surface area contributed by atoms with E-state index >= 15 is 0 Å². The van der Waals surface area contributed by atoms with Crippen LogP contribution in [0.5, 0.6) is 0 Å². The fraction of sp³-hybridized carbons (Fsp3) is 0.750. The molecule has 1 aliphatic heterocycles. The van der Waals surface area contributed by atoms with Crippen LogP contribution in [-0.4, -0.2) is 49.1 Å². The Bertz CT molecular complexity index is 471. The van der Waals surface area contributed by atoms with E-state index in [1.165, 1.54) is 30.8 Å². The first kappa shape index (κ1) is 17.2. The number of aliphatic imine (C=N–C) groups is 1. The van der Waals surface area contributed by atoms with Crippen molar-refractivity contribution in [2.45, 2.75) is 39.7 Å². The van der Waals surface area contributed by atoms with Crippen molar-refractivity contribution in [1.82, 2.24) is 20.5 Å². The zero-order valence-electron chi connectivity index (χ0n) is 14.1. The van der Waals surface area contributed by atoms with Crippen molar-refractivity contribution in [2.75, 3.05) is 33.2 Å². The first-order chi connectivity index (χ1) is 10.7. The van der Waals surface area contributed by atoms with E-state index < -0.39 is 0 Å². The van der Waals surface area contributed by atoms with Crippen LogP contribution < -0.4 is 10.6 Å². The number of nitrogens with zero attached hydrogens (tertiary/aromatic N) is 3. The number of hydrogen-bond donors (Lipinski definition) is 2. The molecule has 1 aromatic heterocycles. The predicted octanol–water partition coefficient (Wildman–Crippen LogP) is 2.10. The molecule has 2 N–H and O–H groups in total. The van der Waals surface area contributed by atoms with Gasteiger partial charge in [0.1, 0.15) is 5.01 Å². The highest BCUT2D eigenvalue weighted by Crippen LogP contribution is 2.14. The van der Waals surface area contributed by atoms with Crippen LogP contribution in [0.1, 0.15) is 36.6 Å². The van der Waals surface area contributed by atoms with Crippen LogP contribution in [0.3, 0.4) is 0 Å². The average molecular weight is 324 g/mol. The van der Waals surface area contributed by atoms with E-state index in [0.29, 0.717) is 0 Å². The Morgan fingerprint density at radius 2 is 2.36 bits per heavy atom. The monoisotopic (exact) mass is 323 g/mol. The van der Waals surface area contributed by atoms with Crippen molar-refractivity contribution in [3.05, 3.63) is 16.1 Å². The highest BCUT2D eigenvalue weighted by molar-refractivity contribution is 7.11. The van der Waals surface area contributed by atoms with Crippen LogP contribution in [0.15, 0.2) is 11.2 Å². The maximum Gasteiger partial charge on any atom is 0.191 e. The summed E-state index contributed by atoms with van der Waals surface area (Å²) in [6.45, 7) is 9.73. The number of likely N-dealkylation sites (tertiary alicyclic amines) is 1. The van der Waals surface area contributed by atoms with Gasteiger partial charge in [-0.3, -0.25) is 4.99 Å². The summed E-state index contributed by atoms with van der Waals surface area (Å²) in [5.74, 6) is 1.70. The summed E-state index contributed by atoms with van der Waals surface area (Å²) in [6.07, 6.45) is 5.73. The Morgan fingerprint density at radius 3 is 3.05 bits per heavy atom. The van der Waals surface area contributed by atoms with E-state index in [4.69, 9.17) is 0 Å². The van der Waals surface area contributed by atoms with Gasteiger partial charge in [-0.1, -0.05) is 13.8 Å². The number of rotatable bonds is 6. The molecule has 5 nitrogen and oxygen atoms in total. The molecule has 0 amide bonds. The van der Waals surface area contributed by atoms with Crippen molar-refractivity contribution in [1.29, 1.82) is 0 Å². The molecule has 1 aromatic rings. The molecule has 6 heteroatoms. The van der Waals surface area contributed by atoms with E-state index in [0.717, 1.165) is 42.9 Å². The van der Waals surface area contributed by atoms with Crippen molar-refractivity contribution in [3.63, 3.8) is 0 Å². The Morgan fingerprint density at radius 1 is 1.50 bits per heavy atom. The Labute approximate surface area is 138 Å². The summed E-state index contributed by atoms with van der Waals surface area (Å²) in [4.78, 5) is 12.6. The van der Waals surface area contributed by atoms with Gasteiger partial charge in [0.15, 0.2) is 5.96 Å². The van der Waals surface area contributed by atoms with Crippen LogP contribution in [0.25, 0.3) is 0 Å². The lowest BCUT2D eigenvalue weighted by molar-refractivity contribution is 0.187. The molecule has 124 valence electrons. The van der Waals surface area contributed by atoms with Crippen molar-refractivity contribution >= 4 is 17.3 Å². The molecule has 0 aliphatic carbocycles. The Hall–Kier alpha value is -1.14. The summed E-state index contributed by atoms with van der Waals surface area (Å²) in [7, 11) is 1.82. The summed E-state index contributed by atoms with van der Waals surface area (Å²) in [6, 6.07) is 0. The first-order valence-corrected chi connectivity index (χ1v) is 9.13. The van der Waals surface area contributed by atoms with Crippen molar-refractivity contribution in [2.24, 2.45) is 10.9 Å². The summed E-state index contributed by atoms with van der Waals surface area (Å²) in [5, 5.41) is 7.85. The molecule has 0 spiro atoms. The van der Waals surface area contributed by atoms with Crippen LogP contribution >= 0.6 is 11.3 Å². The molecule has 1 fully saturated rings. The van der Waals surface area contributed by atoms with E-state index in [1.54, 1.807) is 11.3 Å². The highest BCUT2D eigenvalue weighted by atomic mass is 32.1. The molecule has 0 saturated carbocycles. The SMILES string of the molecule is CCc1cnc(CNC(=NC)NCCN2CCCC(C)C2)s1. The third kappa shape index (κ3) is 5.57. The lowest BCUT2D eigenvalue weighted by atomic mass is 10.0. The minimum Gasteiger partial charge on any atom is -0.355 e. The van der Waals surface area contributed by atoms with Gasteiger partial charge < -0.3 is 15.5 Å². The normalized spacial score (nSPS) is 20.1. The highest BCUT2D eigenvalue weighted by Gasteiger charge is 2.15. The minimum atomic E-state index is 0.741. The lowest BCUT2D eigenvalue weighted by Gasteiger charge is -2.30. The zero-order chi connectivity index (χ0) is 15.8. The topological polar surface area (TPSA) is 52.6 Å². The van der Waals surface area contributed by atoms with Gasteiger partial charge in [0, 0.05) is 37.8 Å². The molecular weight excluding hydrogens is 294 g/mol. The van der Waals surface area contributed by atoms with Crippen molar-refractivity contribution in [3.8, 4) is 0 Å². The quantitative estimate of drug-likeness (QED) is 0.622. The number of guanidine groups is 1. The maximum absolute atomic E-state index is 4.42. The molecule has 1 unspecified atom stereocenters. The first-order valence-electron chi connectivity index (χ1n) is 8.31. The van der Waals surface area contributed by atoms with Gasteiger partial charge in [0.2, 0.25) is 0 Å². The molecule has 2 heterocycles. The third-order valence-corrected chi connectivity index (χ3v) is 5.18. The second kappa shape index (κ2) is 9.10. The maximum atomic E-state index is 4.42. The number of nitrogens with one attached hydrogen (secondary N) is 2. The second-order valence-electron chi connectivity index (χ2n) is 5.97. The molecule has 2 rings (SSSR count).